The Morgan fingerprint density at radius 2 is 2.15 bits per heavy atom. The van der Waals surface area contributed by atoms with E-state index in [0.29, 0.717) is 5.39 Å². The molecule has 0 bridgehead atoms. The van der Waals surface area contributed by atoms with E-state index in [2.05, 4.69) is 11.6 Å². The van der Waals surface area contributed by atoms with Crippen LogP contribution in [0.3, 0.4) is 0 Å². The highest BCUT2D eigenvalue weighted by Gasteiger charge is 2.24. The predicted octanol–water partition coefficient (Wildman–Crippen LogP) is 1.40. The molecular formula is C14H16N2O3S. The van der Waals surface area contributed by atoms with Gasteiger partial charge in [0.05, 0.1) is 11.5 Å². The zero-order chi connectivity index (χ0) is 14.6. The van der Waals surface area contributed by atoms with Crippen molar-refractivity contribution in [1.82, 2.24) is 9.29 Å². The molecule has 5 nitrogen and oxygen atoms in total. The van der Waals surface area contributed by atoms with Crippen LogP contribution in [-0.4, -0.2) is 42.5 Å². The van der Waals surface area contributed by atoms with E-state index < -0.39 is 10.0 Å². The molecule has 2 rings (SSSR count). The number of fused-ring (bicyclic) bond motifs is 1. The van der Waals surface area contributed by atoms with Crippen molar-refractivity contribution in [1.29, 1.82) is 0 Å². The molecule has 1 aromatic heterocycles. The minimum absolute atomic E-state index is 0.0375. The SMILES string of the molecule is C=CCN(CCO)S(=O)(=O)c1cccc2cnccc12. The number of sulfonamides is 1. The third-order valence-corrected chi connectivity index (χ3v) is 4.86. The molecule has 0 aliphatic rings. The first kappa shape index (κ1) is 14.6. The second-order valence-electron chi connectivity index (χ2n) is 4.23. The van der Waals surface area contributed by atoms with E-state index >= 15 is 0 Å². The highest BCUT2D eigenvalue weighted by Crippen LogP contribution is 2.24. The zero-order valence-electron chi connectivity index (χ0n) is 10.9. The number of benzene rings is 1. The molecule has 1 heterocycles. The van der Waals surface area contributed by atoms with Gasteiger partial charge in [0.2, 0.25) is 10.0 Å². The number of hydrogen-bond acceptors (Lipinski definition) is 4. The summed E-state index contributed by atoms with van der Waals surface area (Å²) in [5.41, 5.74) is 0. The standard InChI is InChI=1S/C14H16N2O3S/c1-2-8-16(9-10-17)20(18,19)14-5-3-4-12-11-15-7-6-13(12)14/h2-7,11,17H,1,8-10H2. The average Bonchev–Trinajstić information content (AvgIpc) is 2.46. The topological polar surface area (TPSA) is 70.5 Å². The predicted molar refractivity (Wildman–Crippen MR) is 77.8 cm³/mol. The molecule has 106 valence electrons. The van der Waals surface area contributed by atoms with E-state index in [0.717, 1.165) is 5.39 Å². The van der Waals surface area contributed by atoms with Crippen molar-refractivity contribution in [3.8, 4) is 0 Å². The third-order valence-electron chi connectivity index (χ3n) is 2.94. The average molecular weight is 292 g/mol. The lowest BCUT2D eigenvalue weighted by molar-refractivity contribution is 0.260. The summed E-state index contributed by atoms with van der Waals surface area (Å²) in [5, 5.41) is 10.4. The van der Waals surface area contributed by atoms with Crippen LogP contribution in [-0.2, 0) is 10.0 Å². The summed E-state index contributed by atoms with van der Waals surface area (Å²) in [5.74, 6) is 0. The van der Waals surface area contributed by atoms with Gasteiger partial charge in [0.1, 0.15) is 0 Å². The number of aromatic nitrogens is 1. The molecular weight excluding hydrogens is 276 g/mol. The van der Waals surface area contributed by atoms with Crippen LogP contribution in [0.2, 0.25) is 0 Å². The van der Waals surface area contributed by atoms with E-state index in [4.69, 9.17) is 5.11 Å². The lowest BCUT2D eigenvalue weighted by Crippen LogP contribution is -2.33. The molecule has 0 aliphatic heterocycles. The van der Waals surface area contributed by atoms with Gasteiger partial charge >= 0.3 is 0 Å². The molecule has 0 spiro atoms. The fraction of sp³-hybridized carbons (Fsp3) is 0.214. The molecule has 0 radical (unpaired) electrons. The number of aliphatic hydroxyl groups is 1. The van der Waals surface area contributed by atoms with Gasteiger partial charge in [-0.25, -0.2) is 8.42 Å². The molecule has 0 atom stereocenters. The molecule has 0 amide bonds. The van der Waals surface area contributed by atoms with Crippen LogP contribution in [0.1, 0.15) is 0 Å². The van der Waals surface area contributed by atoms with Crippen molar-refractivity contribution >= 4 is 20.8 Å². The second kappa shape index (κ2) is 6.13. The maximum absolute atomic E-state index is 12.7. The highest BCUT2D eigenvalue weighted by atomic mass is 32.2. The van der Waals surface area contributed by atoms with Crippen molar-refractivity contribution < 1.29 is 13.5 Å². The monoisotopic (exact) mass is 292 g/mol. The van der Waals surface area contributed by atoms with Crippen LogP contribution in [0.5, 0.6) is 0 Å². The summed E-state index contributed by atoms with van der Waals surface area (Å²) < 4.78 is 26.5. The fourth-order valence-corrected chi connectivity index (χ4v) is 3.64. The third kappa shape index (κ3) is 2.72. The molecule has 0 fully saturated rings. The van der Waals surface area contributed by atoms with Gasteiger partial charge in [0.25, 0.3) is 0 Å². The van der Waals surface area contributed by atoms with Crippen molar-refractivity contribution in [3.05, 3.63) is 49.3 Å². The number of rotatable bonds is 6. The Balaban J connectivity index is 2.58. The van der Waals surface area contributed by atoms with Gasteiger partial charge in [-0.1, -0.05) is 18.2 Å². The van der Waals surface area contributed by atoms with E-state index in [9.17, 15) is 8.42 Å². The minimum Gasteiger partial charge on any atom is -0.395 e. The molecule has 6 heteroatoms. The molecule has 0 aliphatic carbocycles. The van der Waals surface area contributed by atoms with Crippen LogP contribution < -0.4 is 0 Å². The smallest absolute Gasteiger partial charge is 0.244 e. The van der Waals surface area contributed by atoms with Gasteiger partial charge in [0, 0.05) is 36.3 Å². The lowest BCUT2D eigenvalue weighted by atomic mass is 10.2. The van der Waals surface area contributed by atoms with E-state index in [1.807, 2.05) is 6.07 Å². The largest absolute Gasteiger partial charge is 0.395 e. The Bertz CT molecular complexity index is 708. The Labute approximate surface area is 118 Å². The molecule has 0 saturated carbocycles. The molecule has 20 heavy (non-hydrogen) atoms. The summed E-state index contributed by atoms with van der Waals surface area (Å²) >= 11 is 0. The number of aliphatic hydroxyl groups excluding tert-OH is 1. The van der Waals surface area contributed by atoms with Gasteiger partial charge in [0.15, 0.2) is 0 Å². The van der Waals surface area contributed by atoms with Gasteiger partial charge in [-0.15, -0.1) is 6.58 Å². The van der Waals surface area contributed by atoms with Crippen molar-refractivity contribution in [2.45, 2.75) is 4.90 Å². The van der Waals surface area contributed by atoms with Crippen LogP contribution in [0.25, 0.3) is 10.8 Å². The van der Waals surface area contributed by atoms with Crippen LogP contribution >= 0.6 is 0 Å². The van der Waals surface area contributed by atoms with Crippen LogP contribution in [0.15, 0.2) is 54.2 Å². The normalized spacial score (nSPS) is 11.9. The quantitative estimate of drug-likeness (QED) is 0.817. The van der Waals surface area contributed by atoms with Crippen LogP contribution in [0, 0.1) is 0 Å². The number of nitrogens with zero attached hydrogens (tertiary/aromatic N) is 2. The second-order valence-corrected chi connectivity index (χ2v) is 6.13. The molecule has 1 N–H and O–H groups in total. The zero-order valence-corrected chi connectivity index (χ0v) is 11.8. The Morgan fingerprint density at radius 3 is 2.85 bits per heavy atom. The first-order valence-corrected chi connectivity index (χ1v) is 7.60. The van der Waals surface area contributed by atoms with Crippen molar-refractivity contribution in [2.75, 3.05) is 19.7 Å². The number of pyridine rings is 1. The first-order chi connectivity index (χ1) is 9.61. The maximum atomic E-state index is 12.7. The van der Waals surface area contributed by atoms with Crippen LogP contribution in [0.4, 0.5) is 0 Å². The molecule has 1 aromatic carbocycles. The molecule has 2 aromatic rings. The van der Waals surface area contributed by atoms with Crippen molar-refractivity contribution in [3.63, 3.8) is 0 Å². The highest BCUT2D eigenvalue weighted by molar-refractivity contribution is 7.89. The summed E-state index contributed by atoms with van der Waals surface area (Å²) in [7, 11) is -3.68. The molecule has 0 unspecified atom stereocenters. The van der Waals surface area contributed by atoms with Gasteiger partial charge in [-0.3, -0.25) is 4.98 Å². The number of hydrogen-bond donors (Lipinski definition) is 1. The lowest BCUT2D eigenvalue weighted by Gasteiger charge is -2.20. The van der Waals surface area contributed by atoms with Gasteiger partial charge in [-0.2, -0.15) is 4.31 Å². The summed E-state index contributed by atoms with van der Waals surface area (Å²) in [6, 6.07) is 6.73. The van der Waals surface area contributed by atoms with E-state index in [1.165, 1.54) is 10.4 Å². The summed E-state index contributed by atoms with van der Waals surface area (Å²) in [6.07, 6.45) is 4.68. The Morgan fingerprint density at radius 1 is 1.35 bits per heavy atom. The first-order valence-electron chi connectivity index (χ1n) is 6.16. The minimum atomic E-state index is -3.68. The summed E-state index contributed by atoms with van der Waals surface area (Å²) in [4.78, 5) is 4.20. The van der Waals surface area contributed by atoms with Gasteiger partial charge in [-0.05, 0) is 12.1 Å². The van der Waals surface area contributed by atoms with E-state index in [-0.39, 0.29) is 24.6 Å². The Kier molecular flexibility index (Phi) is 4.49. The van der Waals surface area contributed by atoms with Crippen molar-refractivity contribution in [2.24, 2.45) is 0 Å². The fourth-order valence-electron chi connectivity index (χ4n) is 2.02. The molecule has 0 saturated heterocycles. The summed E-state index contributed by atoms with van der Waals surface area (Å²) in [6.45, 7) is 3.51. The van der Waals surface area contributed by atoms with E-state index in [1.54, 1.807) is 30.6 Å². The van der Waals surface area contributed by atoms with Gasteiger partial charge < -0.3 is 5.11 Å². The Hall–Kier alpha value is -1.76. The maximum Gasteiger partial charge on any atom is 0.244 e.